The van der Waals surface area contributed by atoms with E-state index in [2.05, 4.69) is 9.97 Å². The van der Waals surface area contributed by atoms with Crippen molar-refractivity contribution in [3.05, 3.63) is 60.4 Å². The van der Waals surface area contributed by atoms with Crippen LogP contribution in [0.2, 0.25) is 0 Å². The summed E-state index contributed by atoms with van der Waals surface area (Å²) in [5.41, 5.74) is 0.181. The molecule has 3 rings (SSSR count). The number of hydrogen-bond donors (Lipinski definition) is 1. The van der Waals surface area contributed by atoms with Gasteiger partial charge in [0.05, 0.1) is 5.56 Å². The third-order valence-electron chi connectivity index (χ3n) is 2.82. The Hall–Kier alpha value is -2.40. The molecule has 98 valence electrons. The van der Waals surface area contributed by atoms with E-state index in [0.717, 1.165) is 20.8 Å². The van der Waals surface area contributed by atoms with Gasteiger partial charge in [-0.05, 0) is 35.3 Å². The zero-order chi connectivity index (χ0) is 13.9. The molecular weight excluding hydrogens is 272 g/mol. The van der Waals surface area contributed by atoms with E-state index >= 15 is 0 Å². The Morgan fingerprint density at radius 1 is 1.05 bits per heavy atom. The fourth-order valence-electron chi connectivity index (χ4n) is 1.84. The van der Waals surface area contributed by atoms with Crippen LogP contribution in [0, 0.1) is 0 Å². The molecule has 0 atom stereocenters. The van der Waals surface area contributed by atoms with Crippen molar-refractivity contribution in [3.8, 4) is 0 Å². The van der Waals surface area contributed by atoms with Crippen molar-refractivity contribution in [1.82, 2.24) is 9.97 Å². The molecule has 3 aromatic rings. The fraction of sp³-hybridized carbons (Fsp3) is 0. The van der Waals surface area contributed by atoms with Crippen molar-refractivity contribution in [2.45, 2.75) is 10.1 Å². The van der Waals surface area contributed by atoms with Crippen LogP contribution in [0.5, 0.6) is 0 Å². The number of rotatable bonds is 3. The summed E-state index contributed by atoms with van der Waals surface area (Å²) >= 11 is 1.42. The molecule has 0 spiro atoms. The molecule has 1 N–H and O–H groups in total. The van der Waals surface area contributed by atoms with Crippen LogP contribution in [0.25, 0.3) is 10.8 Å². The van der Waals surface area contributed by atoms with Crippen molar-refractivity contribution < 1.29 is 9.90 Å². The van der Waals surface area contributed by atoms with E-state index in [-0.39, 0.29) is 5.56 Å². The van der Waals surface area contributed by atoms with E-state index in [0.29, 0.717) is 0 Å². The highest BCUT2D eigenvalue weighted by atomic mass is 32.2. The Labute approximate surface area is 119 Å². The van der Waals surface area contributed by atoms with Crippen molar-refractivity contribution in [2.75, 3.05) is 0 Å². The predicted molar refractivity (Wildman–Crippen MR) is 77.1 cm³/mol. The third kappa shape index (κ3) is 2.48. The lowest BCUT2D eigenvalue weighted by Gasteiger charge is -2.04. The molecule has 0 aliphatic carbocycles. The first-order chi connectivity index (χ1) is 9.74. The van der Waals surface area contributed by atoms with Gasteiger partial charge in [-0.3, -0.25) is 0 Å². The summed E-state index contributed by atoms with van der Waals surface area (Å²) in [6.45, 7) is 0. The summed E-state index contributed by atoms with van der Waals surface area (Å²) in [7, 11) is 0. The smallest absolute Gasteiger partial charge is 0.337 e. The summed E-state index contributed by atoms with van der Waals surface area (Å²) in [6, 6.07) is 13.2. The van der Waals surface area contributed by atoms with E-state index in [1.54, 1.807) is 18.3 Å². The first-order valence-corrected chi connectivity index (χ1v) is 6.76. The topological polar surface area (TPSA) is 63.1 Å². The van der Waals surface area contributed by atoms with E-state index in [1.165, 1.54) is 18.0 Å². The van der Waals surface area contributed by atoms with Gasteiger partial charge < -0.3 is 5.11 Å². The van der Waals surface area contributed by atoms with Gasteiger partial charge in [0.25, 0.3) is 0 Å². The molecule has 0 saturated carbocycles. The molecule has 0 aliphatic rings. The Balaban J connectivity index is 1.95. The number of nitrogens with zero attached hydrogens (tertiary/aromatic N) is 2. The molecule has 0 aliphatic heterocycles. The molecule has 4 nitrogen and oxygen atoms in total. The summed E-state index contributed by atoms with van der Waals surface area (Å²) < 4.78 is 0. The molecule has 20 heavy (non-hydrogen) atoms. The summed E-state index contributed by atoms with van der Waals surface area (Å²) in [6.07, 6.45) is 3.12. The molecule has 0 unspecified atom stereocenters. The Morgan fingerprint density at radius 3 is 2.65 bits per heavy atom. The monoisotopic (exact) mass is 282 g/mol. The van der Waals surface area contributed by atoms with E-state index < -0.39 is 5.97 Å². The standard InChI is InChI=1S/C15H10N2O2S/c18-15(19)11-5-6-13(17-9-11)20-14-12-4-2-1-3-10(12)7-8-16-14/h1-9H,(H,18,19). The van der Waals surface area contributed by atoms with Crippen LogP contribution in [-0.2, 0) is 0 Å². The Kier molecular flexibility index (Phi) is 3.35. The molecule has 0 saturated heterocycles. The summed E-state index contributed by atoms with van der Waals surface area (Å²) in [5, 5.41) is 12.6. The fourth-order valence-corrected chi connectivity index (χ4v) is 2.69. The number of carboxylic acid groups (broad SMARTS) is 1. The van der Waals surface area contributed by atoms with E-state index in [9.17, 15) is 4.79 Å². The highest BCUT2D eigenvalue weighted by Gasteiger charge is 2.07. The second-order valence-electron chi connectivity index (χ2n) is 4.13. The van der Waals surface area contributed by atoms with Gasteiger partial charge in [0.15, 0.2) is 0 Å². The quantitative estimate of drug-likeness (QED) is 0.796. The maximum absolute atomic E-state index is 10.8. The lowest BCUT2D eigenvalue weighted by atomic mass is 10.2. The first-order valence-electron chi connectivity index (χ1n) is 5.95. The number of benzene rings is 1. The van der Waals surface area contributed by atoms with Crippen LogP contribution in [0.15, 0.2) is 64.9 Å². The van der Waals surface area contributed by atoms with Crippen molar-refractivity contribution in [3.63, 3.8) is 0 Å². The lowest BCUT2D eigenvalue weighted by Crippen LogP contribution is -1.96. The minimum atomic E-state index is -0.975. The zero-order valence-corrected chi connectivity index (χ0v) is 11.2. The number of carboxylic acids is 1. The normalized spacial score (nSPS) is 10.6. The SMILES string of the molecule is O=C(O)c1ccc(Sc2nccc3ccccc23)nc1. The maximum atomic E-state index is 10.8. The molecule has 2 heterocycles. The minimum Gasteiger partial charge on any atom is -0.478 e. The van der Waals surface area contributed by atoms with Gasteiger partial charge in [-0.15, -0.1) is 0 Å². The van der Waals surface area contributed by atoms with Gasteiger partial charge in [0.2, 0.25) is 0 Å². The van der Waals surface area contributed by atoms with Crippen molar-refractivity contribution in [1.29, 1.82) is 0 Å². The average molecular weight is 282 g/mol. The van der Waals surface area contributed by atoms with Crippen LogP contribution in [-0.4, -0.2) is 21.0 Å². The molecule has 5 heteroatoms. The average Bonchev–Trinajstić information content (AvgIpc) is 2.48. The highest BCUT2D eigenvalue weighted by molar-refractivity contribution is 7.99. The Bertz CT molecular complexity index is 767. The van der Waals surface area contributed by atoms with Gasteiger partial charge in [-0.25, -0.2) is 14.8 Å². The van der Waals surface area contributed by atoms with Gasteiger partial charge in [0.1, 0.15) is 10.1 Å². The Morgan fingerprint density at radius 2 is 1.90 bits per heavy atom. The van der Waals surface area contributed by atoms with Gasteiger partial charge in [0, 0.05) is 17.8 Å². The molecule has 2 aromatic heterocycles. The number of aromatic nitrogens is 2. The van der Waals surface area contributed by atoms with Crippen LogP contribution < -0.4 is 0 Å². The van der Waals surface area contributed by atoms with Gasteiger partial charge >= 0.3 is 5.97 Å². The van der Waals surface area contributed by atoms with E-state index in [1.807, 2.05) is 30.3 Å². The van der Waals surface area contributed by atoms with Crippen molar-refractivity contribution in [2.24, 2.45) is 0 Å². The van der Waals surface area contributed by atoms with Crippen LogP contribution >= 0.6 is 11.8 Å². The highest BCUT2D eigenvalue weighted by Crippen LogP contribution is 2.30. The minimum absolute atomic E-state index is 0.181. The summed E-state index contributed by atoms with van der Waals surface area (Å²) in [4.78, 5) is 19.3. The molecule has 1 aromatic carbocycles. The molecule has 0 fully saturated rings. The molecule has 0 radical (unpaired) electrons. The zero-order valence-electron chi connectivity index (χ0n) is 10.4. The lowest BCUT2D eigenvalue weighted by molar-refractivity contribution is 0.0696. The van der Waals surface area contributed by atoms with E-state index in [4.69, 9.17) is 5.11 Å². The third-order valence-corrected chi connectivity index (χ3v) is 3.79. The van der Waals surface area contributed by atoms with Gasteiger partial charge in [-0.2, -0.15) is 0 Å². The number of pyridine rings is 2. The van der Waals surface area contributed by atoms with Gasteiger partial charge in [-0.1, -0.05) is 24.3 Å². The molecule has 0 bridgehead atoms. The summed E-state index contributed by atoms with van der Waals surface area (Å²) in [5.74, 6) is -0.975. The van der Waals surface area contributed by atoms with Crippen LogP contribution in [0.1, 0.15) is 10.4 Å². The number of carbonyl (C=O) groups is 1. The number of aromatic carboxylic acids is 1. The largest absolute Gasteiger partial charge is 0.478 e. The molecular formula is C15H10N2O2S. The van der Waals surface area contributed by atoms with Crippen molar-refractivity contribution >= 4 is 28.5 Å². The number of hydrogen-bond acceptors (Lipinski definition) is 4. The second kappa shape index (κ2) is 5.30. The molecule has 0 amide bonds. The van der Waals surface area contributed by atoms with Crippen LogP contribution in [0.3, 0.4) is 0 Å². The first kappa shape index (κ1) is 12.6. The predicted octanol–water partition coefficient (Wildman–Crippen LogP) is 3.48. The van der Waals surface area contributed by atoms with Crippen LogP contribution in [0.4, 0.5) is 0 Å². The number of fused-ring (bicyclic) bond motifs is 1. The second-order valence-corrected chi connectivity index (χ2v) is 5.14. The maximum Gasteiger partial charge on any atom is 0.337 e.